The third-order valence-corrected chi connectivity index (χ3v) is 4.43. The average Bonchev–Trinajstić information content (AvgIpc) is 3.23. The number of carbonyl (C=O) groups excluding carboxylic acids is 3. The van der Waals surface area contributed by atoms with Gasteiger partial charge in [-0.2, -0.15) is 4.68 Å². The highest BCUT2D eigenvalue weighted by molar-refractivity contribution is 6.15. The number of ether oxygens (including phenoxy) is 1. The van der Waals surface area contributed by atoms with Crippen molar-refractivity contribution in [2.75, 3.05) is 25.5 Å². The molecule has 33 heavy (non-hydrogen) atoms. The summed E-state index contributed by atoms with van der Waals surface area (Å²) in [5, 5.41) is 13.6. The second-order valence-corrected chi connectivity index (χ2v) is 6.96. The van der Waals surface area contributed by atoms with Crippen LogP contribution in [0.1, 0.15) is 11.4 Å². The summed E-state index contributed by atoms with van der Waals surface area (Å²) < 4.78 is 19.3. The number of aromatic nitrogens is 4. The maximum atomic E-state index is 13.0. The van der Waals surface area contributed by atoms with Gasteiger partial charge in [0.1, 0.15) is 5.82 Å². The molecule has 1 aromatic heterocycles. The lowest BCUT2D eigenvalue weighted by Gasteiger charge is -2.17. The van der Waals surface area contributed by atoms with E-state index < -0.39 is 30.2 Å². The van der Waals surface area contributed by atoms with Crippen molar-refractivity contribution in [3.63, 3.8) is 0 Å². The van der Waals surface area contributed by atoms with E-state index in [1.165, 1.54) is 42.1 Å². The van der Waals surface area contributed by atoms with Crippen LogP contribution in [0.4, 0.5) is 10.1 Å². The molecule has 0 fully saturated rings. The summed E-state index contributed by atoms with van der Waals surface area (Å²) in [6, 6.07) is 14.2. The largest absolute Gasteiger partial charge is 0.451 e. The van der Waals surface area contributed by atoms with Gasteiger partial charge in [0.15, 0.2) is 18.1 Å². The van der Waals surface area contributed by atoms with E-state index in [4.69, 9.17) is 4.74 Å². The third-order valence-electron chi connectivity index (χ3n) is 4.43. The fourth-order valence-corrected chi connectivity index (χ4v) is 2.72. The Balaban J connectivity index is 1.60. The van der Waals surface area contributed by atoms with Gasteiger partial charge in [0.05, 0.1) is 6.54 Å². The molecule has 10 nitrogen and oxygen atoms in total. The fourth-order valence-electron chi connectivity index (χ4n) is 2.72. The van der Waals surface area contributed by atoms with Crippen LogP contribution in [0.15, 0.2) is 54.6 Å². The van der Waals surface area contributed by atoms with E-state index in [-0.39, 0.29) is 12.2 Å². The number of nitrogens with one attached hydrogen (secondary N) is 1. The molecule has 0 saturated heterocycles. The highest BCUT2D eigenvalue weighted by Gasteiger charge is 2.21. The van der Waals surface area contributed by atoms with Gasteiger partial charge in [-0.3, -0.25) is 9.59 Å². The van der Waals surface area contributed by atoms with Crippen LogP contribution in [-0.2, 0) is 19.1 Å². The molecule has 1 N–H and O–H groups in total. The smallest absolute Gasteiger partial charge is 0.357 e. The van der Waals surface area contributed by atoms with Crippen LogP contribution in [0, 0.1) is 12.7 Å². The molecular formula is C22H21FN6O4. The van der Waals surface area contributed by atoms with Crippen LogP contribution < -0.4 is 5.32 Å². The monoisotopic (exact) mass is 452 g/mol. The Hall–Kier alpha value is -4.41. The molecule has 0 aliphatic heterocycles. The van der Waals surface area contributed by atoms with Crippen LogP contribution in [-0.4, -0.2) is 63.1 Å². The number of rotatable bonds is 8. The zero-order chi connectivity index (χ0) is 23.8. The van der Waals surface area contributed by atoms with Crippen molar-refractivity contribution >= 4 is 35.2 Å². The first-order valence-corrected chi connectivity index (χ1v) is 9.82. The van der Waals surface area contributed by atoms with Gasteiger partial charge in [-0.1, -0.05) is 30.3 Å². The minimum absolute atomic E-state index is 0.0215. The number of tetrazole rings is 1. The Morgan fingerprint density at radius 1 is 1.12 bits per heavy atom. The number of hydrogen-bond donors (Lipinski definition) is 1. The second-order valence-electron chi connectivity index (χ2n) is 6.96. The van der Waals surface area contributed by atoms with E-state index in [2.05, 4.69) is 20.8 Å². The van der Waals surface area contributed by atoms with Gasteiger partial charge in [0.2, 0.25) is 5.91 Å². The quantitative estimate of drug-likeness (QED) is 0.409. The third kappa shape index (κ3) is 6.53. The van der Waals surface area contributed by atoms with Crippen molar-refractivity contribution < 1.29 is 23.5 Å². The molecule has 0 saturated carbocycles. The van der Waals surface area contributed by atoms with Crippen molar-refractivity contribution in [3.8, 4) is 0 Å². The number of nitrogens with zero attached hydrogens (tertiary/aromatic N) is 5. The first-order valence-electron chi connectivity index (χ1n) is 9.82. The minimum atomic E-state index is -0.813. The number of carbonyl (C=O) groups is 3. The molecule has 3 aromatic rings. The van der Waals surface area contributed by atoms with Gasteiger partial charge >= 0.3 is 5.97 Å². The van der Waals surface area contributed by atoms with Crippen molar-refractivity contribution in [1.82, 2.24) is 25.1 Å². The Morgan fingerprint density at radius 2 is 1.82 bits per heavy atom. The first-order chi connectivity index (χ1) is 15.8. The molecule has 0 aliphatic carbocycles. The van der Waals surface area contributed by atoms with Crippen LogP contribution in [0.25, 0.3) is 11.8 Å². The van der Waals surface area contributed by atoms with Crippen molar-refractivity contribution in [2.24, 2.45) is 0 Å². The number of benzene rings is 2. The van der Waals surface area contributed by atoms with Crippen LogP contribution >= 0.6 is 0 Å². The molecule has 0 spiro atoms. The Kier molecular flexibility index (Phi) is 7.58. The molecule has 0 bridgehead atoms. The lowest BCUT2D eigenvalue weighted by atomic mass is 10.2. The average molecular weight is 452 g/mol. The van der Waals surface area contributed by atoms with Crippen LogP contribution in [0.3, 0.4) is 0 Å². The van der Waals surface area contributed by atoms with E-state index in [1.807, 2.05) is 6.07 Å². The van der Waals surface area contributed by atoms with Crippen LogP contribution in [0.2, 0.25) is 0 Å². The normalized spacial score (nSPS) is 11.1. The number of anilines is 1. The van der Waals surface area contributed by atoms with E-state index >= 15 is 0 Å². The highest BCUT2D eigenvalue weighted by Crippen LogP contribution is 2.14. The summed E-state index contributed by atoms with van der Waals surface area (Å²) in [5.74, 6) is -1.97. The SMILES string of the molecule is Cc1nnnn1C(=Cc1ccccc1)C(=O)OCC(=O)N(C)CC(=O)Nc1ccc(F)cc1. The van der Waals surface area contributed by atoms with Gasteiger partial charge in [0, 0.05) is 12.7 Å². The summed E-state index contributed by atoms with van der Waals surface area (Å²) in [4.78, 5) is 38.3. The summed E-state index contributed by atoms with van der Waals surface area (Å²) in [6.45, 7) is 0.740. The zero-order valence-electron chi connectivity index (χ0n) is 17.9. The van der Waals surface area contributed by atoms with E-state index in [0.717, 1.165) is 4.90 Å². The van der Waals surface area contributed by atoms with Crippen molar-refractivity contribution in [2.45, 2.75) is 6.92 Å². The van der Waals surface area contributed by atoms with Crippen molar-refractivity contribution in [1.29, 1.82) is 0 Å². The lowest BCUT2D eigenvalue weighted by Crippen LogP contribution is -2.37. The zero-order valence-corrected chi connectivity index (χ0v) is 17.9. The molecule has 0 aliphatic rings. The standard InChI is InChI=1S/C22H21FN6O4/c1-15-25-26-27-29(15)19(12-16-6-4-3-5-7-16)22(32)33-14-21(31)28(2)13-20(30)24-18-10-8-17(23)9-11-18/h3-12H,13-14H2,1-2H3,(H,24,30). The second kappa shape index (κ2) is 10.8. The molecule has 0 atom stereocenters. The number of aryl methyl sites for hydroxylation is 1. The Labute approximate surface area is 188 Å². The predicted octanol–water partition coefficient (Wildman–Crippen LogP) is 1.76. The molecule has 2 amide bonds. The number of esters is 1. The molecule has 3 rings (SSSR count). The Morgan fingerprint density at radius 3 is 2.45 bits per heavy atom. The first kappa shape index (κ1) is 23.3. The Bertz CT molecular complexity index is 1160. The number of halogens is 1. The summed E-state index contributed by atoms with van der Waals surface area (Å²) >= 11 is 0. The highest BCUT2D eigenvalue weighted by atomic mass is 19.1. The molecule has 1 heterocycles. The topological polar surface area (TPSA) is 119 Å². The summed E-state index contributed by atoms with van der Waals surface area (Å²) in [6.07, 6.45) is 1.54. The van der Waals surface area contributed by atoms with E-state index in [1.54, 1.807) is 31.2 Å². The molecule has 11 heteroatoms. The number of likely N-dealkylation sites (N-methyl/N-ethyl adjacent to an activating group) is 1. The van der Waals surface area contributed by atoms with Crippen LogP contribution in [0.5, 0.6) is 0 Å². The van der Waals surface area contributed by atoms with Gasteiger partial charge < -0.3 is 15.0 Å². The maximum Gasteiger partial charge on any atom is 0.357 e. The molecule has 170 valence electrons. The van der Waals surface area contributed by atoms with E-state index in [0.29, 0.717) is 17.1 Å². The number of amides is 2. The number of hydrogen-bond acceptors (Lipinski definition) is 7. The molecule has 0 radical (unpaired) electrons. The molecular weight excluding hydrogens is 431 g/mol. The summed E-state index contributed by atoms with van der Waals surface area (Å²) in [7, 11) is 1.40. The maximum absolute atomic E-state index is 13.0. The van der Waals surface area contributed by atoms with Crippen molar-refractivity contribution in [3.05, 3.63) is 71.8 Å². The van der Waals surface area contributed by atoms with Gasteiger partial charge in [-0.15, -0.1) is 5.10 Å². The van der Waals surface area contributed by atoms with Gasteiger partial charge in [-0.25, -0.2) is 9.18 Å². The fraction of sp³-hybridized carbons (Fsp3) is 0.182. The summed E-state index contributed by atoms with van der Waals surface area (Å²) in [5.41, 5.74) is 1.12. The lowest BCUT2D eigenvalue weighted by molar-refractivity contribution is -0.147. The van der Waals surface area contributed by atoms with Gasteiger partial charge in [-0.05, 0) is 53.3 Å². The minimum Gasteiger partial charge on any atom is -0.451 e. The molecule has 0 unspecified atom stereocenters. The predicted molar refractivity (Wildman–Crippen MR) is 117 cm³/mol. The van der Waals surface area contributed by atoms with Gasteiger partial charge in [0.25, 0.3) is 5.91 Å². The molecule has 2 aromatic carbocycles. The van der Waals surface area contributed by atoms with E-state index in [9.17, 15) is 18.8 Å².